The molecule has 0 amide bonds. The van der Waals surface area contributed by atoms with Crippen LogP contribution in [0.3, 0.4) is 0 Å². The second kappa shape index (κ2) is 4.62. The van der Waals surface area contributed by atoms with Gasteiger partial charge < -0.3 is 0 Å². The van der Waals surface area contributed by atoms with Crippen molar-refractivity contribution in [2.45, 2.75) is 11.0 Å². The van der Waals surface area contributed by atoms with Crippen molar-refractivity contribution in [3.05, 3.63) is 30.3 Å². The minimum absolute atomic E-state index is 0.0404. The zero-order valence-electron chi connectivity index (χ0n) is 8.24. The smallest absolute Gasteiger partial charge is 0.266 e. The van der Waals surface area contributed by atoms with Crippen LogP contribution in [0.15, 0.2) is 35.2 Å². The highest BCUT2D eigenvalue weighted by atomic mass is 32.2. The van der Waals surface area contributed by atoms with E-state index in [4.69, 9.17) is 4.18 Å². The molecule has 1 saturated heterocycles. The van der Waals surface area contributed by atoms with Gasteiger partial charge in [-0.1, -0.05) is 18.2 Å². The van der Waals surface area contributed by atoms with Gasteiger partial charge in [0.15, 0.2) is 9.84 Å². The Hall–Kier alpha value is -0.760. The summed E-state index contributed by atoms with van der Waals surface area (Å²) in [6, 6.07) is 8.07. The summed E-state index contributed by atoms with van der Waals surface area (Å²) >= 11 is -1.81. The highest BCUT2D eigenvalue weighted by Crippen LogP contribution is 2.16. The van der Waals surface area contributed by atoms with Crippen molar-refractivity contribution in [3.63, 3.8) is 0 Å². The van der Waals surface area contributed by atoms with E-state index in [0.29, 0.717) is 0 Å². The van der Waals surface area contributed by atoms with Gasteiger partial charge in [-0.25, -0.2) is 8.42 Å². The monoisotopic (exact) mass is 262 g/mol. The lowest BCUT2D eigenvalue weighted by molar-refractivity contribution is 0.264. The lowest BCUT2D eigenvalue weighted by Crippen LogP contribution is -2.22. The Morgan fingerprint density at radius 3 is 2.56 bits per heavy atom. The third-order valence-corrected chi connectivity index (χ3v) is 4.63. The summed E-state index contributed by atoms with van der Waals surface area (Å²) < 4.78 is 43.9. The molecule has 1 fully saturated rings. The first-order valence-electron chi connectivity index (χ1n) is 4.58. The molecule has 88 valence electrons. The number of hydrogen-bond donors (Lipinski definition) is 0. The van der Waals surface area contributed by atoms with Crippen LogP contribution in [-0.4, -0.2) is 31.1 Å². The first kappa shape index (κ1) is 11.7. The van der Waals surface area contributed by atoms with Crippen molar-refractivity contribution < 1.29 is 21.0 Å². The van der Waals surface area contributed by atoms with E-state index in [0.717, 1.165) is 0 Å². The van der Waals surface area contributed by atoms with E-state index < -0.39 is 27.3 Å². The van der Waals surface area contributed by atoms with Gasteiger partial charge in [0.25, 0.3) is 0 Å². The highest BCUT2D eigenvalue weighted by molar-refractivity contribution is 7.91. The molecule has 2 unspecified atom stereocenters. The first-order valence-corrected chi connectivity index (χ1v) is 7.23. The summed E-state index contributed by atoms with van der Waals surface area (Å²) in [5.41, 5.74) is 0. The van der Waals surface area contributed by atoms with E-state index in [-0.39, 0.29) is 17.3 Å². The maximum absolute atomic E-state index is 11.9. The van der Waals surface area contributed by atoms with Crippen LogP contribution in [0.4, 0.5) is 0 Å². The van der Waals surface area contributed by atoms with Crippen LogP contribution in [0.2, 0.25) is 0 Å². The lowest BCUT2D eigenvalue weighted by atomic mass is 10.4. The molecule has 0 bridgehead atoms. The fourth-order valence-electron chi connectivity index (χ4n) is 1.34. The normalized spacial score (nSPS) is 25.8. The molecule has 0 spiro atoms. The highest BCUT2D eigenvalue weighted by Gasteiger charge is 2.29. The lowest BCUT2D eigenvalue weighted by Gasteiger charge is -2.06. The second-order valence-electron chi connectivity index (χ2n) is 3.30. The van der Waals surface area contributed by atoms with Gasteiger partial charge >= 0.3 is 11.4 Å². The Labute approximate surface area is 96.2 Å². The Morgan fingerprint density at radius 1 is 1.31 bits per heavy atom. The molecular formula is C9H10O5S2. The molecule has 5 nitrogen and oxygen atoms in total. The van der Waals surface area contributed by atoms with Crippen LogP contribution >= 0.6 is 0 Å². The van der Waals surface area contributed by atoms with Crippen molar-refractivity contribution in [1.82, 2.24) is 0 Å². The van der Waals surface area contributed by atoms with Gasteiger partial charge in [-0.15, -0.1) is 0 Å². The zero-order valence-corrected chi connectivity index (χ0v) is 9.87. The van der Waals surface area contributed by atoms with E-state index in [9.17, 15) is 12.6 Å². The molecular weight excluding hydrogens is 252 g/mol. The van der Waals surface area contributed by atoms with Crippen LogP contribution in [0.25, 0.3) is 0 Å². The number of benzene rings is 1. The fourth-order valence-corrected chi connectivity index (χ4v) is 3.51. The summed E-state index contributed by atoms with van der Waals surface area (Å²) in [7, 11) is -3.41. The van der Waals surface area contributed by atoms with Crippen molar-refractivity contribution >= 4 is 21.2 Å². The zero-order chi connectivity index (χ0) is 11.6. The molecule has 16 heavy (non-hydrogen) atoms. The van der Waals surface area contributed by atoms with Gasteiger partial charge in [-0.05, 0) is 12.1 Å². The van der Waals surface area contributed by atoms with Crippen LogP contribution in [0, 0.1) is 0 Å². The molecule has 2 atom stereocenters. The molecule has 1 aliphatic heterocycles. The largest absolute Gasteiger partial charge is 0.305 e. The van der Waals surface area contributed by atoms with Crippen molar-refractivity contribution in [2.75, 3.05) is 12.4 Å². The predicted octanol–water partition coefficient (Wildman–Crippen LogP) is 0.454. The maximum Gasteiger partial charge on any atom is 0.305 e. The average Bonchev–Trinajstić information content (AvgIpc) is 2.64. The quantitative estimate of drug-likeness (QED) is 0.791. The Kier molecular flexibility index (Phi) is 3.38. The molecule has 7 heteroatoms. The Morgan fingerprint density at radius 2 is 2.00 bits per heavy atom. The molecule has 1 heterocycles. The van der Waals surface area contributed by atoms with Crippen LogP contribution in [-0.2, 0) is 29.6 Å². The van der Waals surface area contributed by atoms with Crippen LogP contribution in [0.5, 0.6) is 0 Å². The molecule has 0 aromatic heterocycles. The summed E-state index contributed by atoms with van der Waals surface area (Å²) in [5, 5.41) is 0. The third kappa shape index (κ3) is 2.67. The van der Waals surface area contributed by atoms with Crippen LogP contribution in [0.1, 0.15) is 0 Å². The van der Waals surface area contributed by atoms with Gasteiger partial charge in [0.2, 0.25) is 0 Å². The van der Waals surface area contributed by atoms with Gasteiger partial charge in [-0.2, -0.15) is 4.21 Å². The van der Waals surface area contributed by atoms with E-state index in [1.54, 1.807) is 18.2 Å². The molecule has 1 aromatic carbocycles. The standard InChI is InChI=1S/C9H10O5S2/c10-15-13-6-8(14-15)7-16(11,12)9-4-2-1-3-5-9/h1-5,8H,6-7H2. The molecule has 2 rings (SSSR count). The topological polar surface area (TPSA) is 69.7 Å². The van der Waals surface area contributed by atoms with E-state index in [1.165, 1.54) is 12.1 Å². The second-order valence-corrected chi connectivity index (χ2v) is 6.17. The van der Waals surface area contributed by atoms with Gasteiger partial charge in [0.1, 0.15) is 6.10 Å². The molecule has 0 radical (unpaired) electrons. The molecule has 0 N–H and O–H groups in total. The van der Waals surface area contributed by atoms with E-state index in [1.807, 2.05) is 0 Å². The minimum atomic E-state index is -3.41. The van der Waals surface area contributed by atoms with Gasteiger partial charge in [0, 0.05) is 0 Å². The SMILES string of the molecule is O=S1OCC(CS(=O)(=O)c2ccccc2)O1. The van der Waals surface area contributed by atoms with Crippen molar-refractivity contribution in [1.29, 1.82) is 0 Å². The fraction of sp³-hybridized carbons (Fsp3) is 0.333. The Bertz CT molecular complexity index is 482. The van der Waals surface area contributed by atoms with Crippen LogP contribution < -0.4 is 0 Å². The summed E-state index contributed by atoms with van der Waals surface area (Å²) in [4.78, 5) is 0.233. The van der Waals surface area contributed by atoms with Gasteiger partial charge in [-0.3, -0.25) is 8.37 Å². The van der Waals surface area contributed by atoms with Crippen molar-refractivity contribution in [3.8, 4) is 0 Å². The number of hydrogen-bond acceptors (Lipinski definition) is 5. The van der Waals surface area contributed by atoms with E-state index in [2.05, 4.69) is 4.18 Å². The third-order valence-electron chi connectivity index (χ3n) is 2.07. The molecule has 1 aliphatic rings. The molecule has 0 saturated carbocycles. The van der Waals surface area contributed by atoms with Crippen molar-refractivity contribution in [2.24, 2.45) is 0 Å². The summed E-state index contributed by atoms with van der Waals surface area (Å²) in [6.45, 7) is 0.0404. The van der Waals surface area contributed by atoms with E-state index >= 15 is 0 Å². The molecule has 1 aromatic rings. The Balaban J connectivity index is 2.12. The average molecular weight is 262 g/mol. The summed E-state index contributed by atoms with van der Waals surface area (Å²) in [5.74, 6) is -0.219. The summed E-state index contributed by atoms with van der Waals surface area (Å²) in [6.07, 6.45) is -0.661. The number of sulfone groups is 1. The number of rotatable bonds is 3. The minimum Gasteiger partial charge on any atom is -0.266 e. The maximum atomic E-state index is 11.9. The predicted molar refractivity (Wildman–Crippen MR) is 57.5 cm³/mol. The first-order chi connectivity index (χ1) is 7.58. The van der Waals surface area contributed by atoms with Gasteiger partial charge in [0.05, 0.1) is 17.3 Å². The molecule has 0 aliphatic carbocycles.